The molecule has 0 fully saturated rings. The van der Waals surface area contributed by atoms with Crippen molar-refractivity contribution in [1.29, 1.82) is 0 Å². The van der Waals surface area contributed by atoms with Gasteiger partial charge in [-0.1, -0.05) is 106 Å². The van der Waals surface area contributed by atoms with E-state index in [-0.39, 0.29) is 16.9 Å². The van der Waals surface area contributed by atoms with Gasteiger partial charge in [-0.25, -0.2) is 0 Å². The molecule has 0 bridgehead atoms. The number of unbranched alkanes of at least 4 members (excludes halogenated alkanes) is 9. The molecule has 26 heavy (non-hydrogen) atoms. The Morgan fingerprint density at radius 3 is 2.15 bits per heavy atom. The number of ether oxygens (including phenoxy) is 1. The van der Waals surface area contributed by atoms with E-state index in [0.717, 1.165) is 19.3 Å². The molecule has 0 radical (unpaired) electrons. The van der Waals surface area contributed by atoms with Crippen LogP contribution < -0.4 is 0 Å². The lowest BCUT2D eigenvalue weighted by Crippen LogP contribution is -2.24. The third-order valence-electron chi connectivity index (χ3n) is 4.48. The molecule has 0 heterocycles. The van der Waals surface area contributed by atoms with Crippen LogP contribution in [0.2, 0.25) is 0 Å². The number of halogens is 1. The average molecular weight is 429 g/mol. The quantitative estimate of drug-likeness (QED) is 0.102. The Hall–Kier alpha value is -0.570. The predicted molar refractivity (Wildman–Crippen MR) is 118 cm³/mol. The summed E-state index contributed by atoms with van der Waals surface area (Å²) < 4.78 is 5.49. The number of hydrogen-bond donors (Lipinski definition) is 0. The highest BCUT2D eigenvalue weighted by molar-refractivity contribution is 9.09. The summed E-state index contributed by atoms with van der Waals surface area (Å²) in [4.78, 5) is 11.6. The third kappa shape index (κ3) is 16.9. The van der Waals surface area contributed by atoms with Gasteiger partial charge in [-0.2, -0.15) is 0 Å². The summed E-state index contributed by atoms with van der Waals surface area (Å²) in [6.45, 7) is 5.97. The highest BCUT2D eigenvalue weighted by Gasteiger charge is 2.18. The number of carbonyl (C=O) groups excluding carboxylic acids is 1. The summed E-state index contributed by atoms with van der Waals surface area (Å²) in [5.41, 5.74) is 0. The smallest absolute Gasteiger partial charge is 0.303 e. The molecule has 152 valence electrons. The number of hydrogen-bond acceptors (Lipinski definition) is 2. The first kappa shape index (κ1) is 25.4. The van der Waals surface area contributed by atoms with Crippen molar-refractivity contribution in [3.63, 3.8) is 0 Å². The molecule has 3 heteroatoms. The Morgan fingerprint density at radius 1 is 0.885 bits per heavy atom. The normalized spacial score (nSPS) is 14.2. The second kappa shape index (κ2) is 19.2. The maximum Gasteiger partial charge on any atom is 0.303 e. The average Bonchev–Trinajstić information content (AvgIpc) is 2.61. The molecule has 0 amide bonds. The molecule has 2 atom stereocenters. The fourth-order valence-electron chi connectivity index (χ4n) is 2.90. The summed E-state index contributed by atoms with van der Waals surface area (Å²) in [6, 6.07) is 0. The molecule has 0 aromatic carbocycles. The number of allylic oxidation sites excluding steroid dienone is 3. The minimum absolute atomic E-state index is 0.166. The van der Waals surface area contributed by atoms with Crippen molar-refractivity contribution in [3.8, 4) is 0 Å². The Balaban J connectivity index is 4.07. The monoisotopic (exact) mass is 428 g/mol. The van der Waals surface area contributed by atoms with Crippen LogP contribution in [0.4, 0.5) is 0 Å². The Morgan fingerprint density at radius 2 is 1.50 bits per heavy atom. The van der Waals surface area contributed by atoms with Crippen LogP contribution in [-0.2, 0) is 9.53 Å². The second-order valence-corrected chi connectivity index (χ2v) is 8.31. The lowest BCUT2D eigenvalue weighted by Gasteiger charge is -2.19. The van der Waals surface area contributed by atoms with E-state index < -0.39 is 0 Å². The van der Waals surface area contributed by atoms with E-state index in [4.69, 9.17) is 4.74 Å². The van der Waals surface area contributed by atoms with Crippen LogP contribution in [0.15, 0.2) is 24.3 Å². The van der Waals surface area contributed by atoms with Gasteiger partial charge in [0.1, 0.15) is 6.10 Å². The number of esters is 1. The zero-order valence-electron chi connectivity index (χ0n) is 17.4. The minimum Gasteiger partial charge on any atom is -0.457 e. The zero-order valence-corrected chi connectivity index (χ0v) is 18.9. The van der Waals surface area contributed by atoms with Gasteiger partial charge in [0, 0.05) is 6.92 Å². The molecule has 0 spiro atoms. The van der Waals surface area contributed by atoms with Crippen molar-refractivity contribution in [2.24, 2.45) is 0 Å². The lowest BCUT2D eigenvalue weighted by atomic mass is 10.0. The Bertz CT molecular complexity index is 376. The van der Waals surface area contributed by atoms with Gasteiger partial charge < -0.3 is 4.74 Å². The van der Waals surface area contributed by atoms with Gasteiger partial charge in [0.25, 0.3) is 0 Å². The molecule has 0 aliphatic carbocycles. The Kier molecular flexibility index (Phi) is 18.8. The van der Waals surface area contributed by atoms with Gasteiger partial charge in [-0.05, 0) is 31.8 Å². The molecule has 0 aliphatic rings. The zero-order chi connectivity index (χ0) is 19.5. The van der Waals surface area contributed by atoms with Crippen molar-refractivity contribution in [1.82, 2.24) is 0 Å². The molecule has 0 saturated carbocycles. The van der Waals surface area contributed by atoms with E-state index in [9.17, 15) is 4.79 Å². The SMILES string of the molecule is CCCCC/C=C\C/C=C\[C@H](OC(C)=O)[C@H](Br)CCCCCCCCC. The summed E-state index contributed by atoms with van der Waals surface area (Å²) >= 11 is 3.73. The van der Waals surface area contributed by atoms with Gasteiger partial charge >= 0.3 is 5.97 Å². The maximum atomic E-state index is 11.4. The number of rotatable bonds is 17. The van der Waals surface area contributed by atoms with Crippen molar-refractivity contribution in [3.05, 3.63) is 24.3 Å². The van der Waals surface area contributed by atoms with Crippen LogP contribution in [0.5, 0.6) is 0 Å². The minimum atomic E-state index is -0.209. The summed E-state index contributed by atoms with van der Waals surface area (Å²) in [6.07, 6.45) is 24.5. The van der Waals surface area contributed by atoms with E-state index in [0.29, 0.717) is 0 Å². The van der Waals surface area contributed by atoms with E-state index >= 15 is 0 Å². The largest absolute Gasteiger partial charge is 0.457 e. The number of alkyl halides is 1. The van der Waals surface area contributed by atoms with Gasteiger partial charge in [0.15, 0.2) is 0 Å². The van der Waals surface area contributed by atoms with Crippen molar-refractivity contribution in [2.75, 3.05) is 0 Å². The van der Waals surface area contributed by atoms with Gasteiger partial charge in [-0.15, -0.1) is 0 Å². The van der Waals surface area contributed by atoms with Crippen molar-refractivity contribution in [2.45, 2.75) is 115 Å². The molecule has 0 saturated heterocycles. The first-order chi connectivity index (χ1) is 12.6. The lowest BCUT2D eigenvalue weighted by molar-refractivity contribution is -0.144. The van der Waals surface area contributed by atoms with Crippen molar-refractivity contribution >= 4 is 21.9 Å². The van der Waals surface area contributed by atoms with E-state index in [1.165, 1.54) is 71.1 Å². The van der Waals surface area contributed by atoms with E-state index in [1.807, 2.05) is 6.08 Å². The fourth-order valence-corrected chi connectivity index (χ4v) is 3.51. The van der Waals surface area contributed by atoms with Crippen LogP contribution >= 0.6 is 15.9 Å². The second-order valence-electron chi connectivity index (χ2n) is 7.13. The molecule has 0 aliphatic heterocycles. The maximum absolute atomic E-state index is 11.4. The van der Waals surface area contributed by atoms with Crippen LogP contribution in [0.1, 0.15) is 104 Å². The molecule has 0 aromatic heterocycles. The van der Waals surface area contributed by atoms with E-state index in [1.54, 1.807) is 0 Å². The van der Waals surface area contributed by atoms with Gasteiger partial charge in [-0.3, -0.25) is 4.79 Å². The third-order valence-corrected chi connectivity index (χ3v) is 5.46. The first-order valence-corrected chi connectivity index (χ1v) is 11.7. The molecule has 2 nitrogen and oxygen atoms in total. The van der Waals surface area contributed by atoms with Crippen LogP contribution in [0.3, 0.4) is 0 Å². The highest BCUT2D eigenvalue weighted by Crippen LogP contribution is 2.20. The molecular weight excluding hydrogens is 388 g/mol. The summed E-state index contributed by atoms with van der Waals surface area (Å²) in [5.74, 6) is -0.209. The molecule has 0 aromatic rings. The predicted octanol–water partition coefficient (Wildman–Crippen LogP) is 7.91. The fraction of sp³-hybridized carbons (Fsp3) is 0.783. The summed E-state index contributed by atoms with van der Waals surface area (Å²) in [7, 11) is 0. The summed E-state index contributed by atoms with van der Waals surface area (Å²) in [5, 5.41) is 0. The molecule has 0 rings (SSSR count). The Labute approximate surface area is 171 Å². The molecular formula is C23H41BrO2. The van der Waals surface area contributed by atoms with Gasteiger partial charge in [0.05, 0.1) is 4.83 Å². The molecule has 0 unspecified atom stereocenters. The standard InChI is InChI=1S/C23H41BrO2/c1-4-6-8-10-12-14-16-18-20-23(26-21(3)25)22(24)19-17-15-13-11-9-7-5-2/h12,14,18,20,22-23H,4-11,13,15-17,19H2,1-3H3/b14-12-,20-18-/t22-,23+/m1/s1. The first-order valence-electron chi connectivity index (χ1n) is 10.7. The highest BCUT2D eigenvalue weighted by atomic mass is 79.9. The van der Waals surface area contributed by atoms with Gasteiger partial charge in [0.2, 0.25) is 0 Å². The topological polar surface area (TPSA) is 26.3 Å². The van der Waals surface area contributed by atoms with E-state index in [2.05, 4.69) is 48.0 Å². The number of carbonyl (C=O) groups is 1. The molecule has 0 N–H and O–H groups in total. The van der Waals surface area contributed by atoms with Crippen molar-refractivity contribution < 1.29 is 9.53 Å². The van der Waals surface area contributed by atoms with Crippen LogP contribution in [0.25, 0.3) is 0 Å². The van der Waals surface area contributed by atoms with Crippen LogP contribution in [-0.4, -0.2) is 16.9 Å². The van der Waals surface area contributed by atoms with Crippen LogP contribution in [0, 0.1) is 0 Å².